The van der Waals surface area contributed by atoms with E-state index >= 15 is 0 Å². The molecule has 1 aromatic heterocycles. The molecule has 0 N–H and O–H groups in total. The van der Waals surface area contributed by atoms with Crippen LogP contribution in [0.15, 0.2) is 48.1 Å². The predicted molar refractivity (Wildman–Crippen MR) is 58.8 cm³/mol. The van der Waals surface area contributed by atoms with E-state index in [1.807, 2.05) is 24.4 Å². The zero-order chi connectivity index (χ0) is 10.5. The number of benzene rings is 1. The average Bonchev–Trinajstić information content (AvgIpc) is 2.80. The minimum absolute atomic E-state index is 0.286. The molecule has 0 radical (unpaired) electrons. The molecular formula is C11H12N4. The van der Waals surface area contributed by atoms with Crippen molar-refractivity contribution in [2.24, 2.45) is 5.10 Å². The van der Waals surface area contributed by atoms with E-state index in [0.717, 1.165) is 0 Å². The molecule has 76 valence electrons. The Morgan fingerprint density at radius 2 is 1.87 bits per heavy atom. The number of aromatic nitrogens is 3. The highest BCUT2D eigenvalue weighted by molar-refractivity contribution is 5.66. The Bertz CT molecular complexity index is 419. The molecule has 0 aliphatic heterocycles. The van der Waals surface area contributed by atoms with E-state index in [1.54, 1.807) is 17.3 Å². The van der Waals surface area contributed by atoms with Crippen molar-refractivity contribution in [3.8, 4) is 0 Å². The maximum Gasteiger partial charge on any atom is 0.141 e. The third kappa shape index (κ3) is 2.49. The van der Waals surface area contributed by atoms with Crippen LogP contribution in [0, 0.1) is 0 Å². The summed E-state index contributed by atoms with van der Waals surface area (Å²) in [4.78, 5) is 0. The van der Waals surface area contributed by atoms with E-state index < -0.39 is 0 Å². The van der Waals surface area contributed by atoms with Crippen LogP contribution in [0.1, 0.15) is 18.4 Å². The van der Waals surface area contributed by atoms with E-state index in [2.05, 4.69) is 34.4 Å². The van der Waals surface area contributed by atoms with E-state index in [1.165, 1.54) is 5.56 Å². The van der Waals surface area contributed by atoms with Crippen LogP contribution in [0.5, 0.6) is 0 Å². The second-order valence-corrected chi connectivity index (χ2v) is 3.31. The lowest BCUT2D eigenvalue weighted by Gasteiger charge is -2.04. The predicted octanol–water partition coefficient (Wildman–Crippen LogP) is 1.92. The third-order valence-corrected chi connectivity index (χ3v) is 2.16. The van der Waals surface area contributed by atoms with E-state index in [-0.39, 0.29) is 5.92 Å². The molecule has 0 amide bonds. The highest BCUT2D eigenvalue weighted by Gasteiger charge is 2.00. The second kappa shape index (κ2) is 4.50. The van der Waals surface area contributed by atoms with Gasteiger partial charge < -0.3 is 0 Å². The van der Waals surface area contributed by atoms with Crippen LogP contribution < -0.4 is 0 Å². The van der Waals surface area contributed by atoms with Crippen molar-refractivity contribution >= 4 is 6.21 Å². The van der Waals surface area contributed by atoms with Crippen LogP contribution in [0.3, 0.4) is 0 Å². The Hall–Kier alpha value is -1.97. The second-order valence-electron chi connectivity index (χ2n) is 3.31. The quantitative estimate of drug-likeness (QED) is 0.710. The molecule has 2 rings (SSSR count). The Balaban J connectivity index is 2.07. The molecule has 0 saturated carbocycles. The Morgan fingerprint density at radius 1 is 1.20 bits per heavy atom. The minimum atomic E-state index is 0.286. The van der Waals surface area contributed by atoms with Crippen molar-refractivity contribution in [2.45, 2.75) is 12.8 Å². The first-order valence-corrected chi connectivity index (χ1v) is 4.80. The lowest BCUT2D eigenvalue weighted by molar-refractivity contribution is 0.861. The fraction of sp³-hybridized carbons (Fsp3) is 0.182. The van der Waals surface area contributed by atoms with Gasteiger partial charge in [-0.15, -0.1) is 10.2 Å². The summed E-state index contributed by atoms with van der Waals surface area (Å²) in [5.74, 6) is 0.286. The largest absolute Gasteiger partial charge is 0.208 e. The molecule has 0 unspecified atom stereocenters. The summed E-state index contributed by atoms with van der Waals surface area (Å²) in [5.41, 5.74) is 1.24. The summed E-state index contributed by atoms with van der Waals surface area (Å²) >= 11 is 0. The van der Waals surface area contributed by atoms with Gasteiger partial charge in [0.1, 0.15) is 12.7 Å². The molecule has 1 aromatic carbocycles. The van der Waals surface area contributed by atoms with E-state index in [0.29, 0.717) is 0 Å². The van der Waals surface area contributed by atoms with Crippen molar-refractivity contribution in [3.05, 3.63) is 48.5 Å². The summed E-state index contributed by atoms with van der Waals surface area (Å²) in [6.07, 6.45) is 5.00. The smallest absolute Gasteiger partial charge is 0.141 e. The van der Waals surface area contributed by atoms with E-state index in [9.17, 15) is 0 Å². The normalized spacial score (nSPS) is 13.1. The number of nitrogens with zero attached hydrogens (tertiary/aromatic N) is 4. The molecule has 0 bridgehead atoms. The van der Waals surface area contributed by atoms with Gasteiger partial charge in [0.2, 0.25) is 0 Å². The summed E-state index contributed by atoms with van der Waals surface area (Å²) in [7, 11) is 0. The molecule has 4 nitrogen and oxygen atoms in total. The molecular weight excluding hydrogens is 188 g/mol. The lowest BCUT2D eigenvalue weighted by Crippen LogP contribution is -1.96. The Kier molecular flexibility index (Phi) is 2.88. The standard InChI is InChI=1S/C11H12N4/c1-10(11-5-3-2-4-6-11)7-14-15-8-12-13-9-15/h2-10H,1H3/b14-7-/t10-/m0/s1. The van der Waals surface area contributed by atoms with Gasteiger partial charge in [-0.2, -0.15) is 5.10 Å². The van der Waals surface area contributed by atoms with Crippen molar-refractivity contribution < 1.29 is 0 Å². The number of hydrogen-bond acceptors (Lipinski definition) is 3. The zero-order valence-corrected chi connectivity index (χ0v) is 8.49. The van der Waals surface area contributed by atoms with Gasteiger partial charge in [-0.3, -0.25) is 0 Å². The maximum atomic E-state index is 4.21. The summed E-state index contributed by atoms with van der Waals surface area (Å²) < 4.78 is 1.58. The van der Waals surface area contributed by atoms with Gasteiger partial charge in [-0.05, 0) is 5.56 Å². The summed E-state index contributed by atoms with van der Waals surface area (Å²) in [6, 6.07) is 10.2. The molecule has 1 atom stereocenters. The highest BCUT2D eigenvalue weighted by atomic mass is 15.4. The Labute approximate surface area is 88.3 Å². The number of hydrogen-bond donors (Lipinski definition) is 0. The molecule has 0 fully saturated rings. The first kappa shape index (κ1) is 9.58. The molecule has 15 heavy (non-hydrogen) atoms. The van der Waals surface area contributed by atoms with Crippen LogP contribution in [0.2, 0.25) is 0 Å². The van der Waals surface area contributed by atoms with Crippen LogP contribution in [-0.2, 0) is 0 Å². The molecule has 2 aromatic rings. The third-order valence-electron chi connectivity index (χ3n) is 2.16. The van der Waals surface area contributed by atoms with Gasteiger partial charge in [0.15, 0.2) is 0 Å². The van der Waals surface area contributed by atoms with Gasteiger partial charge in [0.25, 0.3) is 0 Å². The van der Waals surface area contributed by atoms with Gasteiger partial charge in [-0.25, -0.2) is 4.68 Å². The first-order valence-electron chi connectivity index (χ1n) is 4.80. The fourth-order valence-corrected chi connectivity index (χ4v) is 1.27. The first-order chi connectivity index (χ1) is 7.36. The van der Waals surface area contributed by atoms with Gasteiger partial charge in [0.05, 0.1) is 0 Å². The minimum Gasteiger partial charge on any atom is -0.208 e. The van der Waals surface area contributed by atoms with Gasteiger partial charge in [0, 0.05) is 12.1 Å². The topological polar surface area (TPSA) is 43.1 Å². The SMILES string of the molecule is C[C@@H](/C=N\n1cnnc1)c1ccccc1. The average molecular weight is 200 g/mol. The van der Waals surface area contributed by atoms with Crippen molar-refractivity contribution in [2.75, 3.05) is 0 Å². The van der Waals surface area contributed by atoms with Crippen molar-refractivity contribution in [1.29, 1.82) is 0 Å². The molecule has 0 aliphatic rings. The molecule has 4 heteroatoms. The number of rotatable bonds is 3. The van der Waals surface area contributed by atoms with Crippen molar-refractivity contribution in [1.82, 2.24) is 14.9 Å². The molecule has 0 spiro atoms. The summed E-state index contributed by atoms with van der Waals surface area (Å²) in [5, 5.41) is 11.6. The van der Waals surface area contributed by atoms with Crippen LogP contribution in [0.4, 0.5) is 0 Å². The van der Waals surface area contributed by atoms with E-state index in [4.69, 9.17) is 0 Å². The summed E-state index contributed by atoms with van der Waals surface area (Å²) in [6.45, 7) is 2.10. The van der Waals surface area contributed by atoms with Crippen LogP contribution >= 0.6 is 0 Å². The Morgan fingerprint density at radius 3 is 2.53 bits per heavy atom. The maximum absolute atomic E-state index is 4.21. The monoisotopic (exact) mass is 200 g/mol. The lowest BCUT2D eigenvalue weighted by atomic mass is 10.0. The fourth-order valence-electron chi connectivity index (χ4n) is 1.27. The van der Waals surface area contributed by atoms with Gasteiger partial charge >= 0.3 is 0 Å². The van der Waals surface area contributed by atoms with Crippen LogP contribution in [-0.4, -0.2) is 21.1 Å². The highest BCUT2D eigenvalue weighted by Crippen LogP contribution is 2.11. The van der Waals surface area contributed by atoms with Crippen molar-refractivity contribution in [3.63, 3.8) is 0 Å². The van der Waals surface area contributed by atoms with Crippen LogP contribution in [0.25, 0.3) is 0 Å². The van der Waals surface area contributed by atoms with Gasteiger partial charge in [-0.1, -0.05) is 37.3 Å². The molecule has 0 saturated heterocycles. The molecule has 1 heterocycles. The zero-order valence-electron chi connectivity index (χ0n) is 8.49. The molecule has 0 aliphatic carbocycles.